The zero-order valence-electron chi connectivity index (χ0n) is 15.2. The lowest BCUT2D eigenvalue weighted by atomic mass is 9.72. The Balaban J connectivity index is 2.05. The Morgan fingerprint density at radius 3 is 2.59 bits per heavy atom. The number of Topliss-reactive ketones (excluding diaryl/α,β-unsaturated/α-hetero) is 1. The van der Waals surface area contributed by atoms with Gasteiger partial charge in [0.15, 0.2) is 5.78 Å². The van der Waals surface area contributed by atoms with Gasteiger partial charge in [0.05, 0.1) is 6.61 Å². The summed E-state index contributed by atoms with van der Waals surface area (Å²) in [4.78, 5) is 29.8. The molecule has 0 saturated heterocycles. The van der Waals surface area contributed by atoms with E-state index in [-0.39, 0.29) is 18.1 Å². The van der Waals surface area contributed by atoms with Crippen molar-refractivity contribution in [2.75, 3.05) is 6.61 Å². The number of hydrogen-bond donors (Lipinski definition) is 0. The molecule has 0 amide bonds. The first-order chi connectivity index (χ1) is 12.9. The average Bonchev–Trinajstić information content (AvgIpc) is 2.61. The number of nitrogens with zero attached hydrogens (tertiary/aromatic N) is 1. The average molecular weight is 377 g/mol. The predicted octanol–water partition coefficient (Wildman–Crippen LogP) is 4.03. The quantitative estimate of drug-likeness (QED) is 0.727. The Labute approximate surface area is 156 Å². The molecule has 2 aliphatic rings. The first-order valence-electron chi connectivity index (χ1n) is 8.95. The van der Waals surface area contributed by atoms with Crippen LogP contribution in [-0.4, -0.2) is 30.7 Å². The molecular weight excluding hydrogens is 356 g/mol. The second-order valence-electron chi connectivity index (χ2n) is 6.55. The van der Waals surface area contributed by atoms with E-state index in [2.05, 4.69) is 9.73 Å². The molecule has 5 nitrogen and oxygen atoms in total. The molecule has 7 heteroatoms. The number of ether oxygens (including phenoxy) is 2. The van der Waals surface area contributed by atoms with Gasteiger partial charge in [-0.1, -0.05) is 12.1 Å². The number of halogens is 2. The van der Waals surface area contributed by atoms with Crippen LogP contribution in [0.15, 0.2) is 40.5 Å². The van der Waals surface area contributed by atoms with Crippen molar-refractivity contribution in [3.05, 3.63) is 41.1 Å². The SMILES string of the molecule is CCOC(=O)C1C(C)=NC2=C(C(=O)CCC2)[C@H]1c1ccc(OC(F)F)cc1. The zero-order valence-corrected chi connectivity index (χ0v) is 15.2. The number of esters is 1. The van der Waals surface area contributed by atoms with E-state index >= 15 is 0 Å². The second-order valence-corrected chi connectivity index (χ2v) is 6.55. The van der Waals surface area contributed by atoms with Gasteiger partial charge in [0.25, 0.3) is 0 Å². The summed E-state index contributed by atoms with van der Waals surface area (Å²) in [5, 5.41) is 0. The number of carbonyl (C=O) groups is 2. The van der Waals surface area contributed by atoms with E-state index in [1.54, 1.807) is 26.0 Å². The van der Waals surface area contributed by atoms with Gasteiger partial charge in [-0.3, -0.25) is 14.6 Å². The Kier molecular flexibility index (Phi) is 5.68. The fraction of sp³-hybridized carbons (Fsp3) is 0.450. The third-order valence-corrected chi connectivity index (χ3v) is 4.84. The molecule has 0 saturated carbocycles. The maximum atomic E-state index is 12.7. The minimum atomic E-state index is -2.92. The van der Waals surface area contributed by atoms with Crippen molar-refractivity contribution in [3.63, 3.8) is 0 Å². The van der Waals surface area contributed by atoms with E-state index in [4.69, 9.17) is 4.74 Å². The predicted molar refractivity (Wildman–Crippen MR) is 94.9 cm³/mol. The number of rotatable bonds is 5. The minimum Gasteiger partial charge on any atom is -0.465 e. The van der Waals surface area contributed by atoms with Gasteiger partial charge in [-0.15, -0.1) is 0 Å². The molecule has 1 aliphatic carbocycles. The molecule has 0 fully saturated rings. The summed E-state index contributed by atoms with van der Waals surface area (Å²) >= 11 is 0. The summed E-state index contributed by atoms with van der Waals surface area (Å²) in [6.07, 6.45) is 1.81. The molecule has 3 rings (SSSR count). The number of allylic oxidation sites excluding steroid dienone is 2. The van der Waals surface area contributed by atoms with Crippen LogP contribution in [0.2, 0.25) is 0 Å². The van der Waals surface area contributed by atoms with Gasteiger partial charge in [0.1, 0.15) is 11.7 Å². The normalized spacial score (nSPS) is 22.4. The molecule has 0 spiro atoms. The Bertz CT molecular complexity index is 799. The van der Waals surface area contributed by atoms with Crippen LogP contribution in [0.1, 0.15) is 44.6 Å². The van der Waals surface area contributed by atoms with Gasteiger partial charge in [-0.2, -0.15) is 8.78 Å². The van der Waals surface area contributed by atoms with Gasteiger partial charge >= 0.3 is 12.6 Å². The summed E-state index contributed by atoms with van der Waals surface area (Å²) in [6.45, 7) is 0.776. The van der Waals surface area contributed by atoms with Gasteiger partial charge < -0.3 is 9.47 Å². The molecule has 0 bridgehead atoms. The smallest absolute Gasteiger partial charge is 0.387 e. The molecule has 0 radical (unpaired) electrons. The summed E-state index contributed by atoms with van der Waals surface area (Å²) < 4.78 is 34.4. The third-order valence-electron chi connectivity index (χ3n) is 4.84. The monoisotopic (exact) mass is 377 g/mol. The van der Waals surface area contributed by atoms with Crippen LogP contribution in [0.4, 0.5) is 8.78 Å². The van der Waals surface area contributed by atoms with Crippen LogP contribution in [0, 0.1) is 5.92 Å². The maximum Gasteiger partial charge on any atom is 0.387 e. The van der Waals surface area contributed by atoms with E-state index in [1.165, 1.54) is 12.1 Å². The fourth-order valence-electron chi connectivity index (χ4n) is 3.76. The highest BCUT2D eigenvalue weighted by Gasteiger charge is 2.43. The highest BCUT2D eigenvalue weighted by Crippen LogP contribution is 2.43. The number of alkyl halides is 2. The number of carbonyl (C=O) groups excluding carboxylic acids is 2. The highest BCUT2D eigenvalue weighted by atomic mass is 19.3. The topological polar surface area (TPSA) is 65.0 Å². The van der Waals surface area contributed by atoms with Gasteiger partial charge in [0, 0.05) is 29.3 Å². The van der Waals surface area contributed by atoms with Crippen LogP contribution < -0.4 is 4.74 Å². The standard InChI is InChI=1S/C20H21F2NO4/c1-3-26-19(25)16-11(2)23-14-5-4-6-15(24)18(14)17(16)12-7-9-13(10-8-12)27-20(21)22/h7-10,16-17,20H,3-6H2,1-2H3/t16?,17-/m0/s1. The van der Waals surface area contributed by atoms with Crippen molar-refractivity contribution >= 4 is 17.5 Å². The molecule has 0 aromatic heterocycles. The third kappa shape index (κ3) is 3.91. The number of ketones is 1. The maximum absolute atomic E-state index is 12.7. The van der Waals surface area contributed by atoms with E-state index in [9.17, 15) is 18.4 Å². The van der Waals surface area contributed by atoms with E-state index in [0.717, 1.165) is 6.42 Å². The Morgan fingerprint density at radius 2 is 1.96 bits per heavy atom. The van der Waals surface area contributed by atoms with Crippen molar-refractivity contribution in [1.82, 2.24) is 0 Å². The van der Waals surface area contributed by atoms with Gasteiger partial charge in [-0.05, 0) is 44.4 Å². The lowest BCUT2D eigenvalue weighted by Gasteiger charge is -2.34. The highest BCUT2D eigenvalue weighted by molar-refractivity contribution is 6.08. The molecule has 1 unspecified atom stereocenters. The molecule has 2 atom stereocenters. The summed E-state index contributed by atoms with van der Waals surface area (Å²) in [7, 11) is 0. The van der Waals surface area contributed by atoms with Crippen molar-refractivity contribution in [1.29, 1.82) is 0 Å². The van der Waals surface area contributed by atoms with E-state index in [0.29, 0.717) is 35.4 Å². The van der Waals surface area contributed by atoms with E-state index < -0.39 is 24.4 Å². The van der Waals surface area contributed by atoms with Gasteiger partial charge in [-0.25, -0.2) is 0 Å². The van der Waals surface area contributed by atoms with Crippen molar-refractivity contribution in [3.8, 4) is 5.75 Å². The summed E-state index contributed by atoms with van der Waals surface area (Å²) in [5.74, 6) is -1.70. The lowest BCUT2D eigenvalue weighted by molar-refractivity contribution is -0.146. The first-order valence-corrected chi connectivity index (χ1v) is 8.95. The van der Waals surface area contributed by atoms with Crippen LogP contribution in [0.3, 0.4) is 0 Å². The summed E-state index contributed by atoms with van der Waals surface area (Å²) in [5.41, 5.74) is 2.51. The van der Waals surface area contributed by atoms with Gasteiger partial charge in [0.2, 0.25) is 0 Å². The molecule has 0 N–H and O–H groups in total. The fourth-order valence-corrected chi connectivity index (χ4v) is 3.76. The molecule has 1 aromatic carbocycles. The van der Waals surface area contributed by atoms with Crippen LogP contribution >= 0.6 is 0 Å². The minimum absolute atomic E-state index is 0.0202. The van der Waals surface area contributed by atoms with E-state index in [1.807, 2.05) is 0 Å². The van der Waals surface area contributed by atoms with Crippen molar-refractivity contribution < 1.29 is 27.8 Å². The first kappa shape index (κ1) is 19.2. The van der Waals surface area contributed by atoms with Crippen molar-refractivity contribution in [2.24, 2.45) is 10.9 Å². The number of hydrogen-bond acceptors (Lipinski definition) is 5. The molecule has 27 heavy (non-hydrogen) atoms. The van der Waals surface area contributed by atoms with Crippen molar-refractivity contribution in [2.45, 2.75) is 45.6 Å². The molecule has 144 valence electrons. The van der Waals surface area contributed by atoms with Crippen LogP contribution in [0.25, 0.3) is 0 Å². The largest absolute Gasteiger partial charge is 0.465 e. The number of aliphatic imine (C=N–C) groups is 1. The molecule has 1 aliphatic heterocycles. The van der Waals surface area contributed by atoms with Crippen LogP contribution in [0.5, 0.6) is 5.75 Å². The molecule has 1 heterocycles. The molecule has 1 aromatic rings. The van der Waals surface area contributed by atoms with Crippen LogP contribution in [-0.2, 0) is 14.3 Å². The Hall–Kier alpha value is -2.57. The summed E-state index contributed by atoms with van der Waals surface area (Å²) in [6, 6.07) is 6.05. The molecular formula is C20H21F2NO4. The lowest BCUT2D eigenvalue weighted by Crippen LogP contribution is -2.37. The number of benzene rings is 1. The zero-order chi connectivity index (χ0) is 19.6. The second kappa shape index (κ2) is 7.98. The Morgan fingerprint density at radius 1 is 1.26 bits per heavy atom.